The summed E-state index contributed by atoms with van der Waals surface area (Å²) in [5, 5.41) is 9.90. The fourth-order valence-electron chi connectivity index (χ4n) is 1.92. The molecule has 0 amide bonds. The lowest BCUT2D eigenvalue weighted by atomic mass is 10.2. The van der Waals surface area contributed by atoms with E-state index in [-0.39, 0.29) is 6.61 Å². The highest BCUT2D eigenvalue weighted by Crippen LogP contribution is 2.19. The molecule has 0 bridgehead atoms. The molecule has 0 fully saturated rings. The number of fused-ring (bicyclic) bond motifs is 1. The van der Waals surface area contributed by atoms with E-state index in [4.69, 9.17) is 10.8 Å². The number of rotatable bonds is 5. The molecular weight excluding hydrogens is 202 g/mol. The Labute approximate surface area is 94.7 Å². The first-order valence-corrected chi connectivity index (χ1v) is 5.60. The van der Waals surface area contributed by atoms with Crippen LogP contribution >= 0.6 is 0 Å². The van der Waals surface area contributed by atoms with E-state index in [1.807, 2.05) is 12.1 Å². The fraction of sp³-hybridized carbons (Fsp3) is 0.417. The number of aryl methyl sites for hydroxylation is 1. The molecule has 16 heavy (non-hydrogen) atoms. The second-order valence-electron chi connectivity index (χ2n) is 3.86. The molecule has 4 nitrogen and oxygen atoms in total. The summed E-state index contributed by atoms with van der Waals surface area (Å²) in [5.41, 5.74) is 7.82. The van der Waals surface area contributed by atoms with E-state index in [2.05, 4.69) is 15.7 Å². The molecule has 2 heterocycles. The first-order valence-electron chi connectivity index (χ1n) is 5.60. The summed E-state index contributed by atoms with van der Waals surface area (Å²) in [6.07, 6.45) is 5.64. The highest BCUT2D eigenvalue weighted by molar-refractivity contribution is 5.80. The van der Waals surface area contributed by atoms with Gasteiger partial charge in [0, 0.05) is 37.5 Å². The predicted octanol–water partition coefficient (Wildman–Crippen LogP) is 1.27. The quantitative estimate of drug-likeness (QED) is 0.744. The molecule has 0 aliphatic heterocycles. The fourth-order valence-corrected chi connectivity index (χ4v) is 1.92. The maximum Gasteiger partial charge on any atom is 0.140 e. The van der Waals surface area contributed by atoms with Crippen molar-refractivity contribution >= 4 is 11.0 Å². The lowest BCUT2D eigenvalue weighted by Gasteiger charge is -2.02. The topological polar surface area (TPSA) is 64.1 Å². The van der Waals surface area contributed by atoms with Gasteiger partial charge in [-0.15, -0.1) is 0 Å². The number of nitrogens with zero attached hydrogens (tertiary/aromatic N) is 2. The molecule has 0 spiro atoms. The summed E-state index contributed by atoms with van der Waals surface area (Å²) in [6.45, 7) is 1.67. The van der Waals surface area contributed by atoms with Crippen molar-refractivity contribution < 1.29 is 5.11 Å². The van der Waals surface area contributed by atoms with E-state index in [9.17, 15) is 0 Å². The Kier molecular flexibility index (Phi) is 3.54. The third kappa shape index (κ3) is 2.08. The molecule has 3 N–H and O–H groups in total. The minimum absolute atomic E-state index is 0.246. The molecular formula is C12H17N3O. The van der Waals surface area contributed by atoms with Gasteiger partial charge in [-0.3, -0.25) is 0 Å². The monoisotopic (exact) mass is 219 g/mol. The van der Waals surface area contributed by atoms with Crippen LogP contribution in [0.3, 0.4) is 0 Å². The Morgan fingerprint density at radius 2 is 2.25 bits per heavy atom. The van der Waals surface area contributed by atoms with Crippen LogP contribution in [0.25, 0.3) is 11.0 Å². The number of hydrogen-bond donors (Lipinski definition) is 2. The van der Waals surface area contributed by atoms with Crippen molar-refractivity contribution in [2.24, 2.45) is 5.73 Å². The van der Waals surface area contributed by atoms with E-state index < -0.39 is 0 Å². The smallest absolute Gasteiger partial charge is 0.140 e. The molecule has 0 unspecified atom stereocenters. The van der Waals surface area contributed by atoms with Crippen LogP contribution in [0.4, 0.5) is 0 Å². The second-order valence-corrected chi connectivity index (χ2v) is 3.86. The third-order valence-electron chi connectivity index (χ3n) is 2.74. The number of hydrogen-bond acceptors (Lipinski definition) is 3. The molecule has 2 aromatic rings. The van der Waals surface area contributed by atoms with Gasteiger partial charge in [0.05, 0.1) is 0 Å². The highest BCUT2D eigenvalue weighted by atomic mass is 16.2. The summed E-state index contributed by atoms with van der Waals surface area (Å²) in [7, 11) is 0. The van der Waals surface area contributed by atoms with Gasteiger partial charge in [0.1, 0.15) is 5.65 Å². The lowest BCUT2D eigenvalue weighted by molar-refractivity contribution is 0.281. The number of aromatic nitrogens is 2. The van der Waals surface area contributed by atoms with Gasteiger partial charge in [0.2, 0.25) is 0 Å². The van der Waals surface area contributed by atoms with Gasteiger partial charge < -0.3 is 15.4 Å². The molecule has 0 aliphatic rings. The van der Waals surface area contributed by atoms with Crippen molar-refractivity contribution in [1.82, 2.24) is 9.55 Å². The van der Waals surface area contributed by atoms with Crippen molar-refractivity contribution in [2.75, 3.05) is 6.61 Å². The molecule has 0 radical (unpaired) electrons. The molecule has 0 saturated heterocycles. The normalized spacial score (nSPS) is 11.1. The Morgan fingerprint density at radius 3 is 3.00 bits per heavy atom. The van der Waals surface area contributed by atoms with Crippen LogP contribution in [0.2, 0.25) is 0 Å². The van der Waals surface area contributed by atoms with Gasteiger partial charge in [-0.05, 0) is 30.5 Å². The van der Waals surface area contributed by atoms with Gasteiger partial charge in [-0.25, -0.2) is 4.98 Å². The Bertz CT molecular complexity index is 464. The van der Waals surface area contributed by atoms with Gasteiger partial charge in [-0.2, -0.15) is 0 Å². The van der Waals surface area contributed by atoms with Crippen LogP contribution in [0.5, 0.6) is 0 Å². The predicted molar refractivity (Wildman–Crippen MR) is 63.9 cm³/mol. The maximum absolute atomic E-state index is 8.76. The third-order valence-corrected chi connectivity index (χ3v) is 2.74. The summed E-state index contributed by atoms with van der Waals surface area (Å²) >= 11 is 0. The van der Waals surface area contributed by atoms with Crippen LogP contribution in [0, 0.1) is 0 Å². The average molecular weight is 219 g/mol. The molecule has 2 rings (SSSR count). The number of unbranched alkanes of at least 4 members (excludes halogenated alkanes) is 1. The largest absolute Gasteiger partial charge is 0.396 e. The minimum atomic E-state index is 0.246. The zero-order valence-electron chi connectivity index (χ0n) is 9.26. The van der Waals surface area contributed by atoms with Crippen LogP contribution in [0.15, 0.2) is 24.5 Å². The Morgan fingerprint density at radius 1 is 1.38 bits per heavy atom. The number of aliphatic hydroxyl groups excluding tert-OH is 1. The van der Waals surface area contributed by atoms with Crippen LogP contribution in [0.1, 0.15) is 18.4 Å². The second kappa shape index (κ2) is 5.09. The number of nitrogens with two attached hydrogens (primary N) is 1. The standard InChI is InChI=1S/C12H17N3O/c13-8-10-9-15(6-1-2-7-16)12-11(10)4-3-5-14-12/h3-5,9,16H,1-2,6-8,13H2. The molecule has 2 aromatic heterocycles. The van der Waals surface area contributed by atoms with Crippen molar-refractivity contribution in [1.29, 1.82) is 0 Å². The van der Waals surface area contributed by atoms with Crippen LogP contribution in [-0.2, 0) is 13.1 Å². The molecule has 0 aromatic carbocycles. The molecule has 4 heteroatoms. The minimum Gasteiger partial charge on any atom is -0.396 e. The van der Waals surface area contributed by atoms with E-state index >= 15 is 0 Å². The van der Waals surface area contributed by atoms with E-state index in [1.165, 1.54) is 0 Å². The van der Waals surface area contributed by atoms with Crippen molar-refractivity contribution in [3.05, 3.63) is 30.1 Å². The van der Waals surface area contributed by atoms with Gasteiger partial charge in [0.25, 0.3) is 0 Å². The summed E-state index contributed by atoms with van der Waals surface area (Å²) in [6, 6.07) is 3.98. The highest BCUT2D eigenvalue weighted by Gasteiger charge is 2.07. The first kappa shape index (κ1) is 11.1. The van der Waals surface area contributed by atoms with Gasteiger partial charge >= 0.3 is 0 Å². The van der Waals surface area contributed by atoms with Crippen LogP contribution in [-0.4, -0.2) is 21.3 Å². The van der Waals surface area contributed by atoms with E-state index in [1.54, 1.807) is 6.20 Å². The molecule has 0 atom stereocenters. The number of pyridine rings is 1. The van der Waals surface area contributed by atoms with Crippen molar-refractivity contribution in [3.8, 4) is 0 Å². The number of aliphatic hydroxyl groups is 1. The summed E-state index contributed by atoms with van der Waals surface area (Å²) < 4.78 is 2.12. The summed E-state index contributed by atoms with van der Waals surface area (Å²) in [4.78, 5) is 4.37. The van der Waals surface area contributed by atoms with E-state index in [0.29, 0.717) is 6.54 Å². The van der Waals surface area contributed by atoms with Crippen molar-refractivity contribution in [3.63, 3.8) is 0 Å². The Balaban J connectivity index is 2.30. The van der Waals surface area contributed by atoms with Crippen LogP contribution < -0.4 is 5.73 Å². The average Bonchev–Trinajstić information content (AvgIpc) is 2.68. The van der Waals surface area contributed by atoms with Crippen molar-refractivity contribution in [2.45, 2.75) is 25.9 Å². The molecule has 0 aliphatic carbocycles. The SMILES string of the molecule is NCc1cn(CCCCO)c2ncccc12. The zero-order valence-corrected chi connectivity index (χ0v) is 9.26. The zero-order chi connectivity index (χ0) is 11.4. The first-order chi connectivity index (χ1) is 7.86. The van der Waals surface area contributed by atoms with Gasteiger partial charge in [0.15, 0.2) is 0 Å². The molecule has 0 saturated carbocycles. The molecule has 86 valence electrons. The van der Waals surface area contributed by atoms with Gasteiger partial charge in [-0.1, -0.05) is 0 Å². The van der Waals surface area contributed by atoms with E-state index in [0.717, 1.165) is 36.0 Å². The maximum atomic E-state index is 8.76. The Hall–Kier alpha value is -1.39. The summed E-state index contributed by atoms with van der Waals surface area (Å²) in [5.74, 6) is 0. The lowest BCUT2D eigenvalue weighted by Crippen LogP contribution is -1.99.